The lowest BCUT2D eigenvalue weighted by Gasteiger charge is -2.10. The highest BCUT2D eigenvalue weighted by atomic mass is 16.5. The van der Waals surface area contributed by atoms with Crippen LogP contribution in [0.25, 0.3) is 11.0 Å². The third-order valence-corrected chi connectivity index (χ3v) is 4.11. The fraction of sp³-hybridized carbons (Fsp3) is 0.471. The van der Waals surface area contributed by atoms with Crippen LogP contribution >= 0.6 is 0 Å². The number of hydrogen-bond acceptors (Lipinski definition) is 4. The number of nitrogens with zero attached hydrogens (tertiary/aromatic N) is 2. The number of benzene rings is 1. The first-order chi connectivity index (χ1) is 10.6. The number of carbonyl (C=O) groups excluding carboxylic acids is 1. The van der Waals surface area contributed by atoms with Gasteiger partial charge in [0.2, 0.25) is 0 Å². The van der Waals surface area contributed by atoms with Crippen molar-refractivity contribution in [2.24, 2.45) is 0 Å². The van der Waals surface area contributed by atoms with Crippen LogP contribution in [-0.2, 0) is 4.74 Å². The number of ether oxygens (including phenoxy) is 1. The molecule has 1 saturated heterocycles. The molecule has 1 fully saturated rings. The molecule has 0 aliphatic carbocycles. The Labute approximate surface area is 130 Å². The van der Waals surface area contributed by atoms with Crippen LogP contribution in [0.2, 0.25) is 0 Å². The zero-order valence-electron chi connectivity index (χ0n) is 13.1. The third-order valence-electron chi connectivity index (χ3n) is 4.11. The summed E-state index contributed by atoms with van der Waals surface area (Å²) in [4.78, 5) is 21.2. The number of fused-ring (bicyclic) bond motifs is 1. The molecule has 0 bridgehead atoms. The maximum atomic E-state index is 12.2. The molecule has 1 atom stereocenters. The van der Waals surface area contributed by atoms with Crippen molar-refractivity contribution in [1.29, 1.82) is 0 Å². The van der Waals surface area contributed by atoms with Crippen molar-refractivity contribution < 1.29 is 9.53 Å². The standard InChI is InChI=1S/C17H21N3O2/c1-11-12(2)20-16-10-13(5-6-15(16)19-11)17(21)18-8-7-14-4-3-9-22-14/h5-6,10,14H,3-4,7-9H2,1-2H3,(H,18,21)/t14-/m1/s1. The van der Waals surface area contributed by atoms with E-state index in [1.54, 1.807) is 12.1 Å². The summed E-state index contributed by atoms with van der Waals surface area (Å²) >= 11 is 0. The maximum absolute atomic E-state index is 12.2. The number of nitrogens with one attached hydrogen (secondary N) is 1. The predicted molar refractivity (Wildman–Crippen MR) is 84.9 cm³/mol. The van der Waals surface area contributed by atoms with Crippen LogP contribution in [0.3, 0.4) is 0 Å². The Morgan fingerprint density at radius 1 is 1.27 bits per heavy atom. The second-order valence-corrected chi connectivity index (χ2v) is 5.78. The van der Waals surface area contributed by atoms with Crippen molar-refractivity contribution in [1.82, 2.24) is 15.3 Å². The Hall–Kier alpha value is -2.01. The van der Waals surface area contributed by atoms with Gasteiger partial charge in [0.15, 0.2) is 0 Å². The van der Waals surface area contributed by atoms with Gasteiger partial charge in [-0.2, -0.15) is 0 Å². The number of carbonyl (C=O) groups is 1. The second-order valence-electron chi connectivity index (χ2n) is 5.78. The Balaban J connectivity index is 1.66. The molecule has 1 aliphatic rings. The van der Waals surface area contributed by atoms with Gasteiger partial charge in [0, 0.05) is 18.7 Å². The molecule has 1 amide bonds. The maximum Gasteiger partial charge on any atom is 0.251 e. The molecule has 22 heavy (non-hydrogen) atoms. The average Bonchev–Trinajstić information content (AvgIpc) is 3.01. The summed E-state index contributed by atoms with van der Waals surface area (Å²) in [6.07, 6.45) is 3.39. The molecule has 2 aromatic rings. The number of aromatic nitrogens is 2. The molecule has 3 rings (SSSR count). The second kappa shape index (κ2) is 6.40. The summed E-state index contributed by atoms with van der Waals surface area (Å²) in [6.45, 7) is 5.35. The van der Waals surface area contributed by atoms with Crippen molar-refractivity contribution in [2.45, 2.75) is 39.2 Å². The Bertz CT molecular complexity index is 694. The van der Waals surface area contributed by atoms with E-state index in [0.29, 0.717) is 18.2 Å². The van der Waals surface area contributed by atoms with E-state index >= 15 is 0 Å². The Morgan fingerprint density at radius 2 is 2.05 bits per heavy atom. The van der Waals surface area contributed by atoms with Crippen molar-refractivity contribution in [2.75, 3.05) is 13.2 Å². The summed E-state index contributed by atoms with van der Waals surface area (Å²) in [7, 11) is 0. The molecular formula is C17H21N3O2. The normalized spacial score (nSPS) is 17.8. The van der Waals surface area contributed by atoms with Crippen molar-refractivity contribution in [3.8, 4) is 0 Å². The molecule has 0 saturated carbocycles. The number of amides is 1. The number of hydrogen-bond donors (Lipinski definition) is 1. The largest absolute Gasteiger partial charge is 0.378 e. The van der Waals surface area contributed by atoms with E-state index in [2.05, 4.69) is 15.3 Å². The lowest BCUT2D eigenvalue weighted by molar-refractivity contribution is 0.0907. The van der Waals surface area contributed by atoms with Crippen LogP contribution in [0, 0.1) is 13.8 Å². The van der Waals surface area contributed by atoms with Crippen LogP contribution < -0.4 is 5.32 Å². The molecule has 0 radical (unpaired) electrons. The van der Waals surface area contributed by atoms with Gasteiger partial charge in [0.25, 0.3) is 5.91 Å². The van der Waals surface area contributed by atoms with E-state index in [1.807, 2.05) is 19.9 Å². The highest BCUT2D eigenvalue weighted by Crippen LogP contribution is 2.16. The van der Waals surface area contributed by atoms with E-state index in [-0.39, 0.29) is 5.91 Å². The molecule has 1 aliphatic heterocycles. The summed E-state index contributed by atoms with van der Waals surface area (Å²) in [5, 5.41) is 2.95. The molecular weight excluding hydrogens is 278 g/mol. The van der Waals surface area contributed by atoms with Gasteiger partial charge in [-0.05, 0) is 51.3 Å². The van der Waals surface area contributed by atoms with Crippen LogP contribution in [0.1, 0.15) is 41.0 Å². The van der Waals surface area contributed by atoms with E-state index < -0.39 is 0 Å². The monoisotopic (exact) mass is 299 g/mol. The number of aryl methyl sites for hydroxylation is 2. The van der Waals surface area contributed by atoms with Gasteiger partial charge < -0.3 is 10.1 Å². The third kappa shape index (κ3) is 3.25. The molecule has 1 aromatic carbocycles. The van der Waals surface area contributed by atoms with Gasteiger partial charge in [0.05, 0.1) is 28.5 Å². The first-order valence-electron chi connectivity index (χ1n) is 7.78. The van der Waals surface area contributed by atoms with Gasteiger partial charge >= 0.3 is 0 Å². The van der Waals surface area contributed by atoms with Crippen LogP contribution in [0.5, 0.6) is 0 Å². The fourth-order valence-electron chi connectivity index (χ4n) is 2.69. The van der Waals surface area contributed by atoms with Gasteiger partial charge in [-0.3, -0.25) is 4.79 Å². The lowest BCUT2D eigenvalue weighted by Crippen LogP contribution is -2.27. The van der Waals surface area contributed by atoms with E-state index in [9.17, 15) is 4.79 Å². The quantitative estimate of drug-likeness (QED) is 0.942. The van der Waals surface area contributed by atoms with Crippen LogP contribution in [-0.4, -0.2) is 35.1 Å². The molecule has 1 aromatic heterocycles. The summed E-state index contributed by atoms with van der Waals surface area (Å²) < 4.78 is 5.55. The Kier molecular flexibility index (Phi) is 4.34. The van der Waals surface area contributed by atoms with Gasteiger partial charge in [-0.25, -0.2) is 9.97 Å². The molecule has 5 nitrogen and oxygen atoms in total. The first kappa shape index (κ1) is 14.9. The van der Waals surface area contributed by atoms with Crippen molar-refractivity contribution in [3.63, 3.8) is 0 Å². The predicted octanol–water partition coefficient (Wildman–Crippen LogP) is 2.55. The van der Waals surface area contributed by atoms with Gasteiger partial charge in [-0.15, -0.1) is 0 Å². The molecule has 5 heteroatoms. The summed E-state index contributed by atoms with van der Waals surface area (Å²) in [6, 6.07) is 5.45. The Morgan fingerprint density at radius 3 is 2.77 bits per heavy atom. The number of rotatable bonds is 4. The van der Waals surface area contributed by atoms with Crippen molar-refractivity contribution >= 4 is 16.9 Å². The SMILES string of the molecule is Cc1nc2ccc(C(=O)NCC[C@H]3CCCO3)cc2nc1C. The molecule has 0 spiro atoms. The molecule has 0 unspecified atom stereocenters. The highest BCUT2D eigenvalue weighted by Gasteiger charge is 2.15. The van der Waals surface area contributed by atoms with Crippen LogP contribution in [0.15, 0.2) is 18.2 Å². The van der Waals surface area contributed by atoms with Crippen LogP contribution in [0.4, 0.5) is 0 Å². The molecule has 1 N–H and O–H groups in total. The summed E-state index contributed by atoms with van der Waals surface area (Å²) in [5.41, 5.74) is 4.01. The smallest absolute Gasteiger partial charge is 0.251 e. The highest BCUT2D eigenvalue weighted by molar-refractivity contribution is 5.97. The minimum absolute atomic E-state index is 0.0695. The van der Waals surface area contributed by atoms with Gasteiger partial charge in [-0.1, -0.05) is 0 Å². The first-order valence-corrected chi connectivity index (χ1v) is 7.78. The molecule has 116 valence electrons. The van der Waals surface area contributed by atoms with E-state index in [4.69, 9.17) is 4.74 Å². The minimum Gasteiger partial charge on any atom is -0.378 e. The average molecular weight is 299 g/mol. The lowest BCUT2D eigenvalue weighted by atomic mass is 10.1. The zero-order chi connectivity index (χ0) is 15.5. The van der Waals surface area contributed by atoms with Crippen molar-refractivity contribution in [3.05, 3.63) is 35.2 Å². The summed E-state index contributed by atoms with van der Waals surface area (Å²) in [5.74, 6) is -0.0695. The van der Waals surface area contributed by atoms with E-state index in [1.165, 1.54) is 0 Å². The van der Waals surface area contributed by atoms with E-state index in [0.717, 1.165) is 48.3 Å². The molecule has 2 heterocycles. The fourth-order valence-corrected chi connectivity index (χ4v) is 2.69. The minimum atomic E-state index is -0.0695. The van der Waals surface area contributed by atoms with Gasteiger partial charge in [0.1, 0.15) is 0 Å². The topological polar surface area (TPSA) is 64.1 Å². The zero-order valence-corrected chi connectivity index (χ0v) is 13.1.